The Morgan fingerprint density at radius 1 is 1.03 bits per heavy atom. The van der Waals surface area contributed by atoms with E-state index in [-0.39, 0.29) is 23.1 Å². The van der Waals surface area contributed by atoms with Gasteiger partial charge >= 0.3 is 0 Å². The molecule has 0 radical (unpaired) electrons. The van der Waals surface area contributed by atoms with E-state index in [1.165, 1.54) is 24.7 Å². The second-order valence-corrected chi connectivity index (χ2v) is 7.72. The van der Waals surface area contributed by atoms with Crippen LogP contribution >= 0.6 is 0 Å². The van der Waals surface area contributed by atoms with Gasteiger partial charge in [0.25, 0.3) is 11.6 Å². The summed E-state index contributed by atoms with van der Waals surface area (Å²) in [7, 11) is 1.50. The molecule has 1 fully saturated rings. The van der Waals surface area contributed by atoms with Crippen LogP contribution < -0.4 is 15.1 Å². The van der Waals surface area contributed by atoms with Crippen LogP contribution in [0.4, 0.5) is 17.1 Å². The first kappa shape index (κ1) is 20.8. The number of benzene rings is 2. The number of nitrogens with one attached hydrogen (secondary N) is 1. The van der Waals surface area contributed by atoms with Crippen LogP contribution in [0.5, 0.6) is 0 Å². The van der Waals surface area contributed by atoms with Crippen molar-refractivity contribution < 1.29 is 14.5 Å². The van der Waals surface area contributed by atoms with Crippen molar-refractivity contribution >= 4 is 28.9 Å². The number of amides is 2. The van der Waals surface area contributed by atoms with Gasteiger partial charge in [0.05, 0.1) is 22.7 Å². The largest absolute Gasteiger partial charge is 0.368 e. The topological polar surface area (TPSA) is 99.0 Å². The molecule has 31 heavy (non-hydrogen) atoms. The lowest BCUT2D eigenvalue weighted by Crippen LogP contribution is -2.50. The molecule has 0 aromatic heterocycles. The minimum absolute atomic E-state index is 0.0970. The summed E-state index contributed by atoms with van der Waals surface area (Å²) in [5, 5.41) is 13.7. The van der Waals surface area contributed by atoms with Crippen LogP contribution in [0.3, 0.4) is 0 Å². The standard InChI is InChI=1S/C22H25N5O4/c1-23-22(29)18-14-17(27(30)31)6-7-20(18)25-12-10-24(11-13-25)15-21(28)26-9-8-16-4-2-3-5-19(16)26/h2-7,14H,8-13,15H2,1H3,(H,23,29). The number of fused-ring (bicyclic) bond motifs is 1. The molecule has 2 aliphatic heterocycles. The molecule has 0 atom stereocenters. The van der Waals surface area contributed by atoms with E-state index in [0.717, 1.165) is 18.7 Å². The zero-order valence-corrected chi connectivity index (χ0v) is 17.4. The highest BCUT2D eigenvalue weighted by Crippen LogP contribution is 2.29. The minimum atomic E-state index is -0.504. The summed E-state index contributed by atoms with van der Waals surface area (Å²) in [5.41, 5.74) is 3.06. The highest BCUT2D eigenvalue weighted by atomic mass is 16.6. The number of carbonyl (C=O) groups is 2. The molecule has 2 aromatic rings. The van der Waals surface area contributed by atoms with Gasteiger partial charge in [0, 0.05) is 57.6 Å². The molecule has 0 saturated carbocycles. The molecule has 0 spiro atoms. The summed E-state index contributed by atoms with van der Waals surface area (Å²) in [4.78, 5) is 41.8. The molecule has 162 valence electrons. The zero-order valence-electron chi connectivity index (χ0n) is 17.4. The van der Waals surface area contributed by atoms with Crippen LogP contribution in [-0.2, 0) is 11.2 Å². The van der Waals surface area contributed by atoms with Crippen LogP contribution in [0.1, 0.15) is 15.9 Å². The maximum absolute atomic E-state index is 12.9. The first-order valence-corrected chi connectivity index (χ1v) is 10.3. The van der Waals surface area contributed by atoms with E-state index in [4.69, 9.17) is 0 Å². The van der Waals surface area contributed by atoms with Gasteiger partial charge in [-0.1, -0.05) is 18.2 Å². The Hall–Kier alpha value is -3.46. The molecule has 4 rings (SSSR count). The summed E-state index contributed by atoms with van der Waals surface area (Å²) in [6.45, 7) is 3.68. The number of carbonyl (C=O) groups excluding carboxylic acids is 2. The normalized spacial score (nSPS) is 16.2. The molecule has 2 amide bonds. The lowest BCUT2D eigenvalue weighted by atomic mass is 10.1. The number of rotatable bonds is 5. The van der Waals surface area contributed by atoms with Crippen LogP contribution in [0, 0.1) is 10.1 Å². The van der Waals surface area contributed by atoms with Gasteiger partial charge in [0.15, 0.2) is 0 Å². The smallest absolute Gasteiger partial charge is 0.270 e. The summed E-state index contributed by atoms with van der Waals surface area (Å²) in [6, 6.07) is 12.4. The van der Waals surface area contributed by atoms with Crippen LogP contribution in [0.15, 0.2) is 42.5 Å². The average molecular weight is 423 g/mol. The van der Waals surface area contributed by atoms with Gasteiger partial charge in [-0.3, -0.25) is 24.6 Å². The first-order chi connectivity index (χ1) is 15.0. The van der Waals surface area contributed by atoms with Crippen molar-refractivity contribution in [3.05, 3.63) is 63.7 Å². The van der Waals surface area contributed by atoms with Crippen molar-refractivity contribution in [2.45, 2.75) is 6.42 Å². The lowest BCUT2D eigenvalue weighted by molar-refractivity contribution is -0.384. The Kier molecular flexibility index (Phi) is 5.85. The van der Waals surface area contributed by atoms with Crippen molar-refractivity contribution in [1.29, 1.82) is 0 Å². The van der Waals surface area contributed by atoms with Gasteiger partial charge < -0.3 is 15.1 Å². The third kappa shape index (κ3) is 4.22. The highest BCUT2D eigenvalue weighted by molar-refractivity contribution is 6.00. The summed E-state index contributed by atoms with van der Waals surface area (Å²) in [5.74, 6) is -0.260. The SMILES string of the molecule is CNC(=O)c1cc([N+](=O)[O-])ccc1N1CCN(CC(=O)N2CCc3ccccc32)CC1. The maximum Gasteiger partial charge on any atom is 0.270 e. The maximum atomic E-state index is 12.9. The molecule has 2 aliphatic rings. The molecule has 1 N–H and O–H groups in total. The number of piperazine rings is 1. The van der Waals surface area contributed by atoms with E-state index < -0.39 is 4.92 Å². The van der Waals surface area contributed by atoms with Gasteiger partial charge in [0.2, 0.25) is 5.91 Å². The predicted octanol–water partition coefficient (Wildman–Crippen LogP) is 1.67. The molecule has 0 unspecified atom stereocenters. The van der Waals surface area contributed by atoms with Gasteiger partial charge in [-0.15, -0.1) is 0 Å². The van der Waals surface area contributed by atoms with Crippen molar-refractivity contribution in [2.75, 3.05) is 56.1 Å². The van der Waals surface area contributed by atoms with E-state index in [9.17, 15) is 19.7 Å². The fourth-order valence-electron chi connectivity index (χ4n) is 4.25. The fraction of sp³-hybridized carbons (Fsp3) is 0.364. The van der Waals surface area contributed by atoms with E-state index in [1.807, 2.05) is 28.0 Å². The monoisotopic (exact) mass is 423 g/mol. The van der Waals surface area contributed by atoms with Crippen LogP contribution in [0.2, 0.25) is 0 Å². The number of non-ortho nitro benzene ring substituents is 1. The summed E-state index contributed by atoms with van der Waals surface area (Å²) in [6.07, 6.45) is 0.887. The van der Waals surface area contributed by atoms with Gasteiger partial charge in [-0.2, -0.15) is 0 Å². The number of nitro groups is 1. The third-order valence-corrected chi connectivity index (χ3v) is 5.92. The molecular formula is C22H25N5O4. The number of anilines is 2. The molecule has 1 saturated heterocycles. The third-order valence-electron chi connectivity index (χ3n) is 5.92. The van der Waals surface area contributed by atoms with Gasteiger partial charge in [-0.05, 0) is 24.1 Å². The number of para-hydroxylation sites is 1. The average Bonchev–Trinajstić information content (AvgIpc) is 3.23. The van der Waals surface area contributed by atoms with Crippen molar-refractivity contribution in [3.8, 4) is 0 Å². The van der Waals surface area contributed by atoms with Crippen LogP contribution in [0.25, 0.3) is 0 Å². The van der Waals surface area contributed by atoms with Crippen molar-refractivity contribution in [2.24, 2.45) is 0 Å². The number of hydrogen-bond donors (Lipinski definition) is 1. The Bertz CT molecular complexity index is 1020. The molecule has 2 aromatic carbocycles. The van der Waals surface area contributed by atoms with E-state index in [0.29, 0.717) is 38.4 Å². The Morgan fingerprint density at radius 2 is 1.77 bits per heavy atom. The van der Waals surface area contributed by atoms with E-state index in [2.05, 4.69) is 16.3 Å². The lowest BCUT2D eigenvalue weighted by Gasteiger charge is -2.37. The predicted molar refractivity (Wildman–Crippen MR) is 118 cm³/mol. The molecule has 0 bridgehead atoms. The summed E-state index contributed by atoms with van der Waals surface area (Å²) < 4.78 is 0. The number of nitrogens with zero attached hydrogens (tertiary/aromatic N) is 4. The Morgan fingerprint density at radius 3 is 2.48 bits per heavy atom. The first-order valence-electron chi connectivity index (χ1n) is 10.3. The number of nitro benzene ring substituents is 1. The van der Waals surface area contributed by atoms with Crippen LogP contribution in [-0.4, -0.2) is 68.0 Å². The van der Waals surface area contributed by atoms with E-state index >= 15 is 0 Å². The molecular weight excluding hydrogens is 398 g/mol. The van der Waals surface area contributed by atoms with Crippen molar-refractivity contribution in [1.82, 2.24) is 10.2 Å². The number of hydrogen-bond acceptors (Lipinski definition) is 6. The zero-order chi connectivity index (χ0) is 22.0. The second kappa shape index (κ2) is 8.73. The Labute approximate surface area is 180 Å². The molecule has 2 heterocycles. The quantitative estimate of drug-likeness (QED) is 0.580. The van der Waals surface area contributed by atoms with Crippen molar-refractivity contribution in [3.63, 3.8) is 0 Å². The fourth-order valence-corrected chi connectivity index (χ4v) is 4.25. The molecule has 9 heteroatoms. The Balaban J connectivity index is 1.41. The van der Waals surface area contributed by atoms with Gasteiger partial charge in [-0.25, -0.2) is 0 Å². The molecule has 0 aliphatic carbocycles. The van der Waals surface area contributed by atoms with E-state index in [1.54, 1.807) is 6.07 Å². The van der Waals surface area contributed by atoms with Gasteiger partial charge in [0.1, 0.15) is 0 Å². The summed E-state index contributed by atoms with van der Waals surface area (Å²) >= 11 is 0. The minimum Gasteiger partial charge on any atom is -0.368 e. The molecule has 9 nitrogen and oxygen atoms in total. The highest BCUT2D eigenvalue weighted by Gasteiger charge is 2.28. The second-order valence-electron chi connectivity index (χ2n) is 7.72.